The molecule has 1 aromatic carbocycles. The molecule has 0 aliphatic carbocycles. The standard InChI is InChI=1S/C19H24N4O4/c20-16-11-14(21-22-16)17(25)23-10-8-15(24)19(12-23,18(26)27)9-4-7-13-5-2-1-3-6-13/h1-3,5-6,11,15,24H,4,7-10,12H2,(H,26,27)(H3,20,21,22)/t15-,19-/m1/s1. The van der Waals surface area contributed by atoms with E-state index in [2.05, 4.69) is 10.2 Å². The zero-order valence-electron chi connectivity index (χ0n) is 15.0. The van der Waals surface area contributed by atoms with Gasteiger partial charge < -0.3 is 20.8 Å². The third kappa shape index (κ3) is 3.95. The fourth-order valence-corrected chi connectivity index (χ4v) is 3.69. The summed E-state index contributed by atoms with van der Waals surface area (Å²) in [6.45, 7) is 0.239. The summed E-state index contributed by atoms with van der Waals surface area (Å²) in [6, 6.07) is 11.2. The van der Waals surface area contributed by atoms with Gasteiger partial charge in [0.15, 0.2) is 0 Å². The van der Waals surface area contributed by atoms with Crippen molar-refractivity contribution in [2.75, 3.05) is 18.8 Å². The first-order valence-electron chi connectivity index (χ1n) is 8.98. The SMILES string of the molecule is Nc1cc(C(=O)N2CC[C@@H](O)[C@](CCCc3ccccc3)(C(=O)O)C2)[nH]n1. The highest BCUT2D eigenvalue weighted by atomic mass is 16.4. The smallest absolute Gasteiger partial charge is 0.314 e. The number of benzene rings is 1. The average molecular weight is 372 g/mol. The van der Waals surface area contributed by atoms with Crippen molar-refractivity contribution in [3.63, 3.8) is 0 Å². The molecule has 1 amide bonds. The van der Waals surface area contributed by atoms with Crippen molar-refractivity contribution in [2.24, 2.45) is 5.41 Å². The summed E-state index contributed by atoms with van der Waals surface area (Å²) < 4.78 is 0. The Kier molecular flexibility index (Phi) is 5.46. The predicted molar refractivity (Wildman–Crippen MR) is 99.0 cm³/mol. The maximum Gasteiger partial charge on any atom is 0.314 e. The van der Waals surface area contributed by atoms with E-state index in [1.165, 1.54) is 11.0 Å². The number of aromatic nitrogens is 2. The second-order valence-corrected chi connectivity index (χ2v) is 7.04. The number of hydrogen-bond acceptors (Lipinski definition) is 5. The number of carboxylic acids is 1. The number of carboxylic acid groups (broad SMARTS) is 1. The molecule has 1 aliphatic rings. The molecule has 1 fully saturated rings. The summed E-state index contributed by atoms with van der Waals surface area (Å²) >= 11 is 0. The number of rotatable bonds is 6. The molecule has 144 valence electrons. The minimum Gasteiger partial charge on any atom is -0.481 e. The van der Waals surface area contributed by atoms with E-state index in [9.17, 15) is 19.8 Å². The van der Waals surface area contributed by atoms with Crippen LogP contribution in [0.15, 0.2) is 36.4 Å². The summed E-state index contributed by atoms with van der Waals surface area (Å²) in [5, 5.41) is 26.7. The Bertz CT molecular complexity index is 807. The summed E-state index contributed by atoms with van der Waals surface area (Å²) in [4.78, 5) is 26.2. The number of hydrogen-bond donors (Lipinski definition) is 4. The van der Waals surface area contributed by atoms with Crippen LogP contribution in [0, 0.1) is 5.41 Å². The molecule has 0 radical (unpaired) electrons. The maximum absolute atomic E-state index is 12.6. The number of aromatic amines is 1. The molecule has 5 N–H and O–H groups in total. The van der Waals surface area contributed by atoms with E-state index in [0.29, 0.717) is 12.8 Å². The van der Waals surface area contributed by atoms with Gasteiger partial charge in [0.1, 0.15) is 16.9 Å². The fourth-order valence-electron chi connectivity index (χ4n) is 3.69. The van der Waals surface area contributed by atoms with Crippen molar-refractivity contribution in [3.8, 4) is 0 Å². The Morgan fingerprint density at radius 3 is 2.70 bits per heavy atom. The number of aryl methyl sites for hydroxylation is 1. The highest BCUT2D eigenvalue weighted by molar-refractivity contribution is 5.93. The van der Waals surface area contributed by atoms with Gasteiger partial charge in [0.05, 0.1) is 6.10 Å². The lowest BCUT2D eigenvalue weighted by atomic mass is 9.73. The van der Waals surface area contributed by atoms with E-state index in [0.717, 1.165) is 5.56 Å². The third-order valence-electron chi connectivity index (χ3n) is 5.26. The maximum atomic E-state index is 12.6. The van der Waals surface area contributed by atoms with Crippen LogP contribution in [0.1, 0.15) is 35.3 Å². The molecule has 0 bridgehead atoms. The molecule has 3 rings (SSSR count). The minimum atomic E-state index is -1.38. The van der Waals surface area contributed by atoms with Gasteiger partial charge >= 0.3 is 5.97 Å². The second-order valence-electron chi connectivity index (χ2n) is 7.04. The van der Waals surface area contributed by atoms with Crippen LogP contribution in [0.4, 0.5) is 5.82 Å². The van der Waals surface area contributed by atoms with Crippen LogP contribution >= 0.6 is 0 Å². The number of aliphatic hydroxyl groups is 1. The topological polar surface area (TPSA) is 133 Å². The fraction of sp³-hybridized carbons (Fsp3) is 0.421. The monoisotopic (exact) mass is 372 g/mol. The molecule has 2 heterocycles. The van der Waals surface area contributed by atoms with Gasteiger partial charge in [-0.15, -0.1) is 0 Å². The highest BCUT2D eigenvalue weighted by Crippen LogP contribution is 2.36. The van der Waals surface area contributed by atoms with E-state index >= 15 is 0 Å². The molecule has 2 atom stereocenters. The van der Waals surface area contributed by atoms with Crippen LogP contribution < -0.4 is 5.73 Å². The van der Waals surface area contributed by atoms with Crippen LogP contribution in [-0.2, 0) is 11.2 Å². The lowest BCUT2D eigenvalue weighted by molar-refractivity contribution is -0.162. The molecule has 0 unspecified atom stereocenters. The Hall–Kier alpha value is -2.87. The van der Waals surface area contributed by atoms with Gasteiger partial charge in [0.25, 0.3) is 5.91 Å². The molecule has 8 heteroatoms. The van der Waals surface area contributed by atoms with Gasteiger partial charge in [-0.05, 0) is 31.2 Å². The Morgan fingerprint density at radius 1 is 1.33 bits per heavy atom. The number of aliphatic hydroxyl groups excluding tert-OH is 1. The number of amides is 1. The summed E-state index contributed by atoms with van der Waals surface area (Å²) in [5.74, 6) is -1.24. The Morgan fingerprint density at radius 2 is 2.07 bits per heavy atom. The number of likely N-dealkylation sites (tertiary alicyclic amines) is 1. The summed E-state index contributed by atoms with van der Waals surface area (Å²) in [5.41, 5.74) is 5.49. The number of carbonyl (C=O) groups is 2. The number of piperidine rings is 1. The van der Waals surface area contributed by atoms with Crippen molar-refractivity contribution in [1.29, 1.82) is 0 Å². The molecule has 1 saturated heterocycles. The van der Waals surface area contributed by atoms with Crippen LogP contribution in [0.5, 0.6) is 0 Å². The molecule has 1 aromatic heterocycles. The lowest BCUT2D eigenvalue weighted by Gasteiger charge is -2.43. The molecule has 8 nitrogen and oxygen atoms in total. The summed E-state index contributed by atoms with van der Waals surface area (Å²) in [7, 11) is 0. The zero-order chi connectivity index (χ0) is 19.4. The first kappa shape index (κ1) is 18.9. The van der Waals surface area contributed by atoms with E-state index in [1.54, 1.807) is 0 Å². The number of anilines is 1. The highest BCUT2D eigenvalue weighted by Gasteiger charge is 2.49. The van der Waals surface area contributed by atoms with Crippen LogP contribution in [0.25, 0.3) is 0 Å². The van der Waals surface area contributed by atoms with Crippen molar-refractivity contribution in [3.05, 3.63) is 47.7 Å². The normalized spacial score (nSPS) is 22.6. The van der Waals surface area contributed by atoms with Gasteiger partial charge in [0.2, 0.25) is 0 Å². The number of nitrogen functional groups attached to an aromatic ring is 1. The predicted octanol–water partition coefficient (Wildman–Crippen LogP) is 1.29. The second kappa shape index (κ2) is 7.79. The third-order valence-corrected chi connectivity index (χ3v) is 5.26. The van der Waals surface area contributed by atoms with Crippen LogP contribution in [-0.4, -0.2) is 56.4 Å². The lowest BCUT2D eigenvalue weighted by Crippen LogP contribution is -2.57. The van der Waals surface area contributed by atoms with Gasteiger partial charge in [-0.2, -0.15) is 5.10 Å². The van der Waals surface area contributed by atoms with Crippen molar-refractivity contribution >= 4 is 17.7 Å². The molecular weight excluding hydrogens is 348 g/mol. The van der Waals surface area contributed by atoms with E-state index in [1.807, 2.05) is 30.3 Å². The average Bonchev–Trinajstić information content (AvgIpc) is 3.10. The molecule has 0 saturated carbocycles. The van der Waals surface area contributed by atoms with Crippen molar-refractivity contribution in [1.82, 2.24) is 15.1 Å². The molecule has 0 spiro atoms. The quantitative estimate of drug-likeness (QED) is 0.604. The van der Waals surface area contributed by atoms with Crippen LogP contribution in [0.2, 0.25) is 0 Å². The van der Waals surface area contributed by atoms with Crippen LogP contribution in [0.3, 0.4) is 0 Å². The Labute approximate surface area is 157 Å². The molecule has 1 aliphatic heterocycles. The number of carbonyl (C=O) groups excluding carboxylic acids is 1. The van der Waals surface area contributed by atoms with Crippen molar-refractivity contribution < 1.29 is 19.8 Å². The van der Waals surface area contributed by atoms with Gasteiger partial charge in [-0.3, -0.25) is 14.7 Å². The van der Waals surface area contributed by atoms with E-state index < -0.39 is 17.5 Å². The van der Waals surface area contributed by atoms with Crippen molar-refractivity contribution in [2.45, 2.75) is 31.8 Å². The largest absolute Gasteiger partial charge is 0.481 e. The number of nitrogens with two attached hydrogens (primary N) is 1. The van der Waals surface area contributed by atoms with E-state index in [-0.39, 0.29) is 43.4 Å². The number of H-pyrrole nitrogens is 1. The molecule has 27 heavy (non-hydrogen) atoms. The number of aliphatic carboxylic acids is 1. The number of nitrogens with zero attached hydrogens (tertiary/aromatic N) is 2. The number of nitrogens with one attached hydrogen (secondary N) is 1. The summed E-state index contributed by atoms with van der Waals surface area (Å²) in [6.07, 6.45) is 0.821. The molecular formula is C19H24N4O4. The zero-order valence-corrected chi connectivity index (χ0v) is 15.0. The van der Waals surface area contributed by atoms with E-state index in [4.69, 9.17) is 5.73 Å². The minimum absolute atomic E-state index is 0.0456. The van der Waals surface area contributed by atoms with Gasteiger partial charge in [-0.1, -0.05) is 30.3 Å². The first-order valence-corrected chi connectivity index (χ1v) is 8.98. The molecule has 2 aromatic rings. The Balaban J connectivity index is 1.73. The first-order chi connectivity index (χ1) is 12.9. The van der Waals surface area contributed by atoms with Gasteiger partial charge in [-0.25, -0.2) is 0 Å². The van der Waals surface area contributed by atoms with Gasteiger partial charge in [0, 0.05) is 19.2 Å².